The maximum Gasteiger partial charge on any atom is 0.231 e. The quantitative estimate of drug-likeness (QED) is 0.752. The van der Waals surface area contributed by atoms with Crippen LogP contribution in [0.2, 0.25) is 0 Å². The highest BCUT2D eigenvalue weighted by Crippen LogP contribution is 2.40. The molecule has 0 saturated heterocycles. The molecule has 1 heterocycles. The summed E-state index contributed by atoms with van der Waals surface area (Å²) >= 11 is 0. The molecule has 0 spiro atoms. The summed E-state index contributed by atoms with van der Waals surface area (Å²) in [5.74, 6) is 3.42. The second kappa shape index (κ2) is 3.44. The van der Waals surface area contributed by atoms with Crippen molar-refractivity contribution < 1.29 is 9.47 Å². The van der Waals surface area contributed by atoms with Crippen LogP contribution in [0.5, 0.6) is 11.5 Å². The van der Waals surface area contributed by atoms with Gasteiger partial charge in [-0.15, -0.1) is 0 Å². The molecule has 1 atom stereocenters. The summed E-state index contributed by atoms with van der Waals surface area (Å²) in [6.07, 6.45) is 4.17. The Morgan fingerprint density at radius 1 is 1.27 bits per heavy atom. The molecule has 3 rings (SSSR count). The van der Waals surface area contributed by atoms with Crippen molar-refractivity contribution >= 4 is 0 Å². The minimum Gasteiger partial charge on any atom is -0.454 e. The number of rotatable bonds is 3. The minimum atomic E-state index is 0.371. The first-order valence-corrected chi connectivity index (χ1v) is 5.72. The van der Waals surface area contributed by atoms with Gasteiger partial charge in [0.1, 0.15) is 0 Å². The van der Waals surface area contributed by atoms with E-state index in [-0.39, 0.29) is 0 Å². The lowest BCUT2D eigenvalue weighted by Crippen LogP contribution is -1.95. The summed E-state index contributed by atoms with van der Waals surface area (Å²) in [6, 6.07) is 6.33. The molecule has 80 valence electrons. The Labute approximate surface area is 90.2 Å². The standard InChI is InChI=1S/C13H16O2/c1-9(6-10-2-3-10)11-4-5-12-13(7-11)15-8-14-12/h4-5,7,9-10H,2-3,6,8H2,1H3/t9-/m0/s1. The zero-order chi connectivity index (χ0) is 10.3. The van der Waals surface area contributed by atoms with Gasteiger partial charge in [-0.1, -0.05) is 25.8 Å². The van der Waals surface area contributed by atoms with E-state index in [9.17, 15) is 0 Å². The Morgan fingerprint density at radius 2 is 2.07 bits per heavy atom. The molecule has 1 saturated carbocycles. The summed E-state index contributed by atoms with van der Waals surface area (Å²) in [5.41, 5.74) is 1.38. The van der Waals surface area contributed by atoms with E-state index in [2.05, 4.69) is 19.1 Å². The molecule has 0 aromatic heterocycles. The molecule has 0 N–H and O–H groups in total. The second-order valence-corrected chi connectivity index (χ2v) is 4.69. The van der Waals surface area contributed by atoms with Gasteiger partial charge < -0.3 is 9.47 Å². The van der Waals surface area contributed by atoms with Crippen LogP contribution in [0.4, 0.5) is 0 Å². The molecule has 0 bridgehead atoms. The van der Waals surface area contributed by atoms with E-state index >= 15 is 0 Å². The van der Waals surface area contributed by atoms with E-state index in [1.54, 1.807) is 0 Å². The van der Waals surface area contributed by atoms with Gasteiger partial charge >= 0.3 is 0 Å². The zero-order valence-corrected chi connectivity index (χ0v) is 9.03. The average molecular weight is 204 g/mol. The first-order valence-electron chi connectivity index (χ1n) is 5.72. The van der Waals surface area contributed by atoms with Gasteiger partial charge in [-0.2, -0.15) is 0 Å². The molecular weight excluding hydrogens is 188 g/mol. The van der Waals surface area contributed by atoms with Crippen molar-refractivity contribution in [2.24, 2.45) is 5.92 Å². The van der Waals surface area contributed by atoms with Gasteiger partial charge in [-0.05, 0) is 36.0 Å². The summed E-state index contributed by atoms with van der Waals surface area (Å²) in [4.78, 5) is 0. The highest BCUT2D eigenvalue weighted by molar-refractivity contribution is 5.45. The van der Waals surface area contributed by atoms with Crippen LogP contribution in [0.25, 0.3) is 0 Å². The largest absolute Gasteiger partial charge is 0.454 e. The normalized spacial score (nSPS) is 20.3. The molecule has 0 unspecified atom stereocenters. The van der Waals surface area contributed by atoms with Gasteiger partial charge in [0, 0.05) is 0 Å². The molecular formula is C13H16O2. The Bertz CT molecular complexity index is 369. The fraction of sp³-hybridized carbons (Fsp3) is 0.538. The SMILES string of the molecule is C[C@@H](CC1CC1)c1ccc2c(c1)OCO2. The topological polar surface area (TPSA) is 18.5 Å². The van der Waals surface area contributed by atoms with Gasteiger partial charge in [-0.3, -0.25) is 0 Å². The van der Waals surface area contributed by atoms with Crippen LogP contribution in [-0.4, -0.2) is 6.79 Å². The molecule has 0 radical (unpaired) electrons. The van der Waals surface area contributed by atoms with Gasteiger partial charge in [0.15, 0.2) is 11.5 Å². The number of hydrogen-bond acceptors (Lipinski definition) is 2. The lowest BCUT2D eigenvalue weighted by Gasteiger charge is -2.11. The van der Waals surface area contributed by atoms with Crippen LogP contribution in [0.1, 0.15) is 37.7 Å². The predicted molar refractivity (Wildman–Crippen MR) is 58.3 cm³/mol. The van der Waals surface area contributed by atoms with Crippen molar-refractivity contribution in [1.82, 2.24) is 0 Å². The highest BCUT2D eigenvalue weighted by atomic mass is 16.7. The molecule has 2 heteroatoms. The Morgan fingerprint density at radius 3 is 2.87 bits per heavy atom. The third-order valence-electron chi connectivity index (χ3n) is 3.35. The summed E-state index contributed by atoms with van der Waals surface area (Å²) < 4.78 is 10.7. The lowest BCUT2D eigenvalue weighted by molar-refractivity contribution is 0.174. The van der Waals surface area contributed by atoms with Crippen molar-refractivity contribution in [3.63, 3.8) is 0 Å². The van der Waals surface area contributed by atoms with Crippen molar-refractivity contribution in [1.29, 1.82) is 0 Å². The number of benzene rings is 1. The number of hydrogen-bond donors (Lipinski definition) is 0. The summed E-state index contributed by atoms with van der Waals surface area (Å²) in [5, 5.41) is 0. The van der Waals surface area contributed by atoms with E-state index < -0.39 is 0 Å². The predicted octanol–water partition coefficient (Wildman–Crippen LogP) is 3.32. The Hall–Kier alpha value is -1.18. The van der Waals surface area contributed by atoms with E-state index in [4.69, 9.17) is 9.47 Å². The van der Waals surface area contributed by atoms with E-state index in [0.717, 1.165) is 17.4 Å². The van der Waals surface area contributed by atoms with Crippen molar-refractivity contribution in [3.05, 3.63) is 23.8 Å². The Balaban J connectivity index is 1.78. The van der Waals surface area contributed by atoms with Gasteiger partial charge in [0.2, 0.25) is 6.79 Å². The molecule has 0 amide bonds. The van der Waals surface area contributed by atoms with Crippen LogP contribution in [0.15, 0.2) is 18.2 Å². The average Bonchev–Trinajstić information content (AvgIpc) is 2.94. The fourth-order valence-corrected chi connectivity index (χ4v) is 2.21. The molecule has 1 aliphatic carbocycles. The van der Waals surface area contributed by atoms with Crippen LogP contribution in [-0.2, 0) is 0 Å². The third-order valence-corrected chi connectivity index (χ3v) is 3.35. The maximum atomic E-state index is 5.39. The molecule has 2 nitrogen and oxygen atoms in total. The first kappa shape index (κ1) is 9.08. The molecule has 1 aromatic carbocycles. The van der Waals surface area contributed by atoms with Gasteiger partial charge in [0.05, 0.1) is 0 Å². The van der Waals surface area contributed by atoms with Crippen molar-refractivity contribution in [2.45, 2.75) is 32.1 Å². The number of fused-ring (bicyclic) bond motifs is 1. The molecule has 2 aliphatic rings. The lowest BCUT2D eigenvalue weighted by atomic mass is 9.95. The van der Waals surface area contributed by atoms with E-state index in [1.807, 2.05) is 6.07 Å². The molecule has 1 aromatic rings. The second-order valence-electron chi connectivity index (χ2n) is 4.69. The first-order chi connectivity index (χ1) is 7.33. The minimum absolute atomic E-state index is 0.371. The van der Waals surface area contributed by atoms with Crippen molar-refractivity contribution in [3.8, 4) is 11.5 Å². The smallest absolute Gasteiger partial charge is 0.231 e. The third kappa shape index (κ3) is 1.81. The fourth-order valence-electron chi connectivity index (χ4n) is 2.21. The van der Waals surface area contributed by atoms with E-state index in [1.165, 1.54) is 24.8 Å². The number of ether oxygens (including phenoxy) is 2. The summed E-state index contributed by atoms with van der Waals surface area (Å²) in [6.45, 7) is 2.67. The van der Waals surface area contributed by atoms with Crippen LogP contribution >= 0.6 is 0 Å². The van der Waals surface area contributed by atoms with Crippen molar-refractivity contribution in [2.75, 3.05) is 6.79 Å². The Kier molecular flexibility index (Phi) is 2.08. The summed E-state index contributed by atoms with van der Waals surface area (Å²) in [7, 11) is 0. The molecule has 1 aliphatic heterocycles. The van der Waals surface area contributed by atoms with Crippen LogP contribution in [0.3, 0.4) is 0 Å². The monoisotopic (exact) mass is 204 g/mol. The zero-order valence-electron chi connectivity index (χ0n) is 9.03. The maximum absolute atomic E-state index is 5.39. The molecule has 1 fully saturated rings. The van der Waals surface area contributed by atoms with E-state index in [0.29, 0.717) is 12.7 Å². The van der Waals surface area contributed by atoms with Crippen LogP contribution < -0.4 is 9.47 Å². The van der Waals surface area contributed by atoms with Crippen LogP contribution in [0, 0.1) is 5.92 Å². The van der Waals surface area contributed by atoms with Gasteiger partial charge in [0.25, 0.3) is 0 Å². The highest BCUT2D eigenvalue weighted by Gasteiger charge is 2.25. The molecule has 15 heavy (non-hydrogen) atoms. The van der Waals surface area contributed by atoms with Gasteiger partial charge in [-0.25, -0.2) is 0 Å².